The van der Waals surface area contributed by atoms with Crippen molar-refractivity contribution in [2.24, 2.45) is 5.92 Å². The third kappa shape index (κ3) is 4.50. The predicted molar refractivity (Wildman–Crippen MR) is 97.6 cm³/mol. The van der Waals surface area contributed by atoms with Crippen LogP contribution in [0.5, 0.6) is 5.75 Å². The van der Waals surface area contributed by atoms with Gasteiger partial charge in [0.25, 0.3) is 5.91 Å². The van der Waals surface area contributed by atoms with Crippen molar-refractivity contribution in [2.45, 2.75) is 65.4 Å². The van der Waals surface area contributed by atoms with Gasteiger partial charge in [-0.1, -0.05) is 20.3 Å². The molecular weight excluding hydrogens is 302 g/mol. The summed E-state index contributed by atoms with van der Waals surface area (Å²) < 4.78 is 11.6. The number of nitrogens with one attached hydrogen (secondary N) is 1. The molecule has 1 amide bonds. The number of anilines is 1. The van der Waals surface area contributed by atoms with E-state index in [1.165, 1.54) is 6.42 Å². The van der Waals surface area contributed by atoms with Crippen molar-refractivity contribution >= 4 is 11.6 Å². The Morgan fingerprint density at radius 2 is 2.17 bits per heavy atom. The number of benzene rings is 1. The number of hydrogen-bond acceptors (Lipinski definition) is 3. The Bertz CT molecular complexity index is 558. The van der Waals surface area contributed by atoms with Gasteiger partial charge >= 0.3 is 0 Å². The van der Waals surface area contributed by atoms with Crippen LogP contribution < -0.4 is 10.1 Å². The molecule has 0 saturated heterocycles. The van der Waals surface area contributed by atoms with Gasteiger partial charge < -0.3 is 14.8 Å². The molecule has 4 heteroatoms. The van der Waals surface area contributed by atoms with E-state index in [1.807, 2.05) is 32.0 Å². The standard InChI is InChI=1S/C20H31NO3/c1-5-12-24-20(11-7-8-15(3)14-20)19(22)21-17-9-10-18(23-6-2)16(4)13-17/h9-10,13,15H,5-8,11-12,14H2,1-4H3,(H,21,22)/t15-,20-/m1/s1. The second kappa shape index (κ2) is 8.52. The van der Waals surface area contributed by atoms with E-state index in [-0.39, 0.29) is 5.91 Å². The highest BCUT2D eigenvalue weighted by Crippen LogP contribution is 2.36. The van der Waals surface area contributed by atoms with Crippen LogP contribution in [-0.2, 0) is 9.53 Å². The molecule has 0 bridgehead atoms. The highest BCUT2D eigenvalue weighted by atomic mass is 16.5. The van der Waals surface area contributed by atoms with Crippen LogP contribution in [0.15, 0.2) is 18.2 Å². The topological polar surface area (TPSA) is 47.6 Å². The van der Waals surface area contributed by atoms with Crippen molar-refractivity contribution in [3.05, 3.63) is 23.8 Å². The van der Waals surface area contributed by atoms with Crippen LogP contribution in [0, 0.1) is 12.8 Å². The predicted octanol–water partition coefficient (Wildman–Crippen LogP) is 4.71. The summed E-state index contributed by atoms with van der Waals surface area (Å²) in [6, 6.07) is 5.77. The molecule has 0 unspecified atom stereocenters. The molecule has 134 valence electrons. The van der Waals surface area contributed by atoms with E-state index in [0.29, 0.717) is 19.1 Å². The fraction of sp³-hybridized carbons (Fsp3) is 0.650. The Labute approximate surface area is 145 Å². The number of rotatable bonds is 7. The Kier molecular flexibility index (Phi) is 6.67. The zero-order valence-corrected chi connectivity index (χ0v) is 15.5. The second-order valence-electron chi connectivity index (χ2n) is 6.91. The normalized spacial score (nSPS) is 23.8. The molecule has 1 aromatic rings. The second-order valence-corrected chi connectivity index (χ2v) is 6.91. The van der Waals surface area contributed by atoms with E-state index < -0.39 is 5.60 Å². The maximum Gasteiger partial charge on any atom is 0.256 e. The summed E-state index contributed by atoms with van der Waals surface area (Å²) in [5.74, 6) is 1.37. The largest absolute Gasteiger partial charge is 0.494 e. The minimum atomic E-state index is -0.680. The van der Waals surface area contributed by atoms with Crippen LogP contribution in [0.3, 0.4) is 0 Å². The first-order valence-corrected chi connectivity index (χ1v) is 9.19. The zero-order valence-electron chi connectivity index (χ0n) is 15.5. The van der Waals surface area contributed by atoms with Gasteiger partial charge in [-0.05, 0) is 69.2 Å². The summed E-state index contributed by atoms with van der Waals surface area (Å²) in [6.07, 6.45) is 4.74. The Morgan fingerprint density at radius 1 is 1.38 bits per heavy atom. The average molecular weight is 333 g/mol. The van der Waals surface area contributed by atoms with Gasteiger partial charge in [-0.2, -0.15) is 0 Å². The molecule has 1 saturated carbocycles. The van der Waals surface area contributed by atoms with E-state index in [0.717, 1.165) is 42.7 Å². The fourth-order valence-corrected chi connectivity index (χ4v) is 3.49. The highest BCUT2D eigenvalue weighted by Gasteiger charge is 2.42. The first-order valence-electron chi connectivity index (χ1n) is 9.19. The molecule has 2 atom stereocenters. The molecule has 1 aromatic carbocycles. The van der Waals surface area contributed by atoms with Crippen LogP contribution in [0.4, 0.5) is 5.69 Å². The molecule has 1 aliphatic carbocycles. The molecule has 2 rings (SSSR count). The summed E-state index contributed by atoms with van der Waals surface area (Å²) in [5.41, 5.74) is 1.15. The maximum absolute atomic E-state index is 13.0. The lowest BCUT2D eigenvalue weighted by Crippen LogP contribution is -2.48. The smallest absolute Gasteiger partial charge is 0.256 e. The minimum absolute atomic E-state index is 0.00828. The van der Waals surface area contributed by atoms with E-state index in [2.05, 4.69) is 19.2 Å². The number of carbonyl (C=O) groups is 1. The lowest BCUT2D eigenvalue weighted by Gasteiger charge is -2.38. The van der Waals surface area contributed by atoms with Crippen LogP contribution >= 0.6 is 0 Å². The molecule has 24 heavy (non-hydrogen) atoms. The lowest BCUT2D eigenvalue weighted by molar-refractivity contribution is -0.148. The van der Waals surface area contributed by atoms with Crippen molar-refractivity contribution in [3.63, 3.8) is 0 Å². The van der Waals surface area contributed by atoms with E-state index in [1.54, 1.807) is 0 Å². The first-order chi connectivity index (χ1) is 11.5. The third-order valence-electron chi connectivity index (χ3n) is 4.68. The lowest BCUT2D eigenvalue weighted by atomic mass is 9.78. The number of amides is 1. The van der Waals surface area contributed by atoms with Gasteiger partial charge in [-0.15, -0.1) is 0 Å². The van der Waals surface area contributed by atoms with Crippen molar-refractivity contribution in [1.29, 1.82) is 0 Å². The SMILES string of the molecule is CCCO[C@]1(C(=O)Nc2ccc(OCC)c(C)c2)CCC[C@@H](C)C1. The molecule has 0 aliphatic heterocycles. The molecule has 1 aliphatic rings. The minimum Gasteiger partial charge on any atom is -0.494 e. The molecule has 0 radical (unpaired) electrons. The number of aryl methyl sites for hydroxylation is 1. The number of ether oxygens (including phenoxy) is 2. The first kappa shape index (κ1) is 18.8. The van der Waals surface area contributed by atoms with Crippen molar-refractivity contribution in [1.82, 2.24) is 0 Å². The maximum atomic E-state index is 13.0. The van der Waals surface area contributed by atoms with Crippen molar-refractivity contribution < 1.29 is 14.3 Å². The summed E-state index contributed by atoms with van der Waals surface area (Å²) in [7, 11) is 0. The Balaban J connectivity index is 2.13. The van der Waals surface area contributed by atoms with Gasteiger partial charge in [0.1, 0.15) is 11.4 Å². The Morgan fingerprint density at radius 3 is 2.79 bits per heavy atom. The summed E-state index contributed by atoms with van der Waals surface area (Å²) in [6.45, 7) is 9.51. The molecule has 0 spiro atoms. The molecular formula is C20H31NO3. The molecule has 4 nitrogen and oxygen atoms in total. The summed E-state index contributed by atoms with van der Waals surface area (Å²) >= 11 is 0. The highest BCUT2D eigenvalue weighted by molar-refractivity contribution is 5.97. The van der Waals surface area contributed by atoms with Crippen molar-refractivity contribution in [3.8, 4) is 5.75 Å². The average Bonchev–Trinajstić information content (AvgIpc) is 2.55. The monoisotopic (exact) mass is 333 g/mol. The van der Waals surface area contributed by atoms with Crippen LogP contribution in [-0.4, -0.2) is 24.7 Å². The quantitative estimate of drug-likeness (QED) is 0.786. The molecule has 0 heterocycles. The van der Waals surface area contributed by atoms with Gasteiger partial charge in [0.05, 0.1) is 6.61 Å². The van der Waals surface area contributed by atoms with Crippen LogP contribution in [0.2, 0.25) is 0 Å². The van der Waals surface area contributed by atoms with Crippen LogP contribution in [0.25, 0.3) is 0 Å². The fourth-order valence-electron chi connectivity index (χ4n) is 3.49. The molecule has 1 N–H and O–H groups in total. The molecule has 1 fully saturated rings. The van der Waals surface area contributed by atoms with Gasteiger partial charge in [0, 0.05) is 12.3 Å². The van der Waals surface area contributed by atoms with Crippen LogP contribution in [0.1, 0.15) is 58.4 Å². The van der Waals surface area contributed by atoms with E-state index in [9.17, 15) is 4.79 Å². The summed E-state index contributed by atoms with van der Waals surface area (Å²) in [5, 5.41) is 3.07. The van der Waals surface area contributed by atoms with E-state index in [4.69, 9.17) is 9.47 Å². The van der Waals surface area contributed by atoms with Gasteiger partial charge in [-0.25, -0.2) is 0 Å². The third-order valence-corrected chi connectivity index (χ3v) is 4.68. The van der Waals surface area contributed by atoms with Gasteiger partial charge in [-0.3, -0.25) is 4.79 Å². The van der Waals surface area contributed by atoms with E-state index >= 15 is 0 Å². The molecule has 0 aromatic heterocycles. The summed E-state index contributed by atoms with van der Waals surface area (Å²) in [4.78, 5) is 13.0. The number of hydrogen-bond donors (Lipinski definition) is 1. The van der Waals surface area contributed by atoms with Gasteiger partial charge in [0.2, 0.25) is 0 Å². The Hall–Kier alpha value is -1.55. The zero-order chi connectivity index (χ0) is 17.6. The number of carbonyl (C=O) groups excluding carboxylic acids is 1. The van der Waals surface area contributed by atoms with Gasteiger partial charge in [0.15, 0.2) is 0 Å². The van der Waals surface area contributed by atoms with Crippen molar-refractivity contribution in [2.75, 3.05) is 18.5 Å².